The maximum Gasteiger partial charge on any atom is 0.249 e. The Kier molecular flexibility index (Phi) is 63.1. The molecule has 6 heteroatoms. The van der Waals surface area contributed by atoms with Crippen LogP contribution in [0, 0.1) is 0 Å². The predicted octanol–water partition coefficient (Wildman–Crippen LogP) is 21.2. The molecule has 6 nitrogen and oxygen atoms in total. The van der Waals surface area contributed by atoms with Crippen LogP contribution in [-0.4, -0.2) is 57.3 Å². The van der Waals surface area contributed by atoms with Gasteiger partial charge in [0.1, 0.15) is 12.2 Å². The Hall–Kier alpha value is -0.950. The largest absolute Gasteiger partial charge is 0.394 e. The number of unbranched alkanes of at least 4 members (excludes halogenated alkanes) is 54. The van der Waals surface area contributed by atoms with Crippen molar-refractivity contribution >= 4 is 5.91 Å². The van der Waals surface area contributed by atoms with Gasteiger partial charge in [0.25, 0.3) is 0 Å². The van der Waals surface area contributed by atoms with Crippen LogP contribution in [0.3, 0.4) is 0 Å². The van der Waals surface area contributed by atoms with Gasteiger partial charge in [-0.3, -0.25) is 4.79 Å². The van der Waals surface area contributed by atoms with Crippen molar-refractivity contribution in [2.45, 2.75) is 417 Å². The fourth-order valence-electron chi connectivity index (χ4n) is 11.3. The molecule has 4 atom stereocenters. The van der Waals surface area contributed by atoms with Gasteiger partial charge in [0.2, 0.25) is 5.91 Å². The maximum atomic E-state index is 12.7. The molecule has 0 bridgehead atoms. The van der Waals surface area contributed by atoms with Crippen LogP contribution in [0.4, 0.5) is 0 Å². The smallest absolute Gasteiger partial charge is 0.249 e. The molecule has 0 heterocycles. The van der Waals surface area contributed by atoms with Gasteiger partial charge in [-0.15, -0.1) is 0 Å². The van der Waals surface area contributed by atoms with E-state index in [0.29, 0.717) is 12.8 Å². The first-order valence-corrected chi connectivity index (χ1v) is 34.6. The highest BCUT2D eigenvalue weighted by Crippen LogP contribution is 2.20. The first kappa shape index (κ1) is 74.0. The number of aliphatic hydroxyl groups is 4. The normalized spacial score (nSPS) is 13.5. The second kappa shape index (κ2) is 63.9. The summed E-state index contributed by atoms with van der Waals surface area (Å²) in [5.74, 6) is -0.575. The van der Waals surface area contributed by atoms with Crippen molar-refractivity contribution in [3.8, 4) is 0 Å². The second-order valence-corrected chi connectivity index (χ2v) is 24.2. The van der Waals surface area contributed by atoms with Crippen LogP contribution >= 0.6 is 0 Å². The minimum Gasteiger partial charge on any atom is -0.394 e. The van der Waals surface area contributed by atoms with Crippen molar-refractivity contribution in [1.29, 1.82) is 0 Å². The molecule has 0 aromatic carbocycles. The van der Waals surface area contributed by atoms with Crippen molar-refractivity contribution < 1.29 is 25.2 Å². The molecule has 4 unspecified atom stereocenters. The van der Waals surface area contributed by atoms with E-state index in [1.54, 1.807) is 0 Å². The lowest BCUT2D eigenvalue weighted by Gasteiger charge is -2.27. The third-order valence-corrected chi connectivity index (χ3v) is 16.7. The molecule has 0 aliphatic carbocycles. The Morgan fingerprint density at radius 2 is 0.533 bits per heavy atom. The van der Waals surface area contributed by atoms with Gasteiger partial charge in [-0.1, -0.05) is 366 Å². The van der Waals surface area contributed by atoms with E-state index in [2.05, 4.69) is 31.3 Å². The van der Waals surface area contributed by atoms with Gasteiger partial charge in [-0.25, -0.2) is 0 Å². The fourth-order valence-corrected chi connectivity index (χ4v) is 11.3. The zero-order valence-corrected chi connectivity index (χ0v) is 51.1. The highest BCUT2D eigenvalue weighted by atomic mass is 16.3. The van der Waals surface area contributed by atoms with Gasteiger partial charge < -0.3 is 25.7 Å². The van der Waals surface area contributed by atoms with Crippen molar-refractivity contribution in [2.24, 2.45) is 0 Å². The SMILES string of the molecule is CCCCCCCCCCCCCCCC/C=C\CCCCCCCCCCCCCCCCCCC(O)C(=O)NC(CO)C(O)C(O)CCCCCCCCCCCCCCCCCCCCCCCCCCC. The van der Waals surface area contributed by atoms with Crippen LogP contribution in [0.15, 0.2) is 12.2 Å². The van der Waals surface area contributed by atoms with E-state index < -0.39 is 36.9 Å². The van der Waals surface area contributed by atoms with Crippen molar-refractivity contribution in [2.75, 3.05) is 6.61 Å². The van der Waals surface area contributed by atoms with Crippen LogP contribution in [0.5, 0.6) is 0 Å². The van der Waals surface area contributed by atoms with Gasteiger partial charge >= 0.3 is 0 Å². The molecule has 0 aliphatic heterocycles. The molecule has 0 saturated carbocycles. The summed E-state index contributed by atoms with van der Waals surface area (Å²) < 4.78 is 0. The van der Waals surface area contributed by atoms with Gasteiger partial charge in [-0.2, -0.15) is 0 Å². The van der Waals surface area contributed by atoms with Gasteiger partial charge in [0, 0.05) is 0 Å². The first-order valence-electron chi connectivity index (χ1n) is 34.6. The van der Waals surface area contributed by atoms with E-state index in [0.717, 1.165) is 38.5 Å². The summed E-state index contributed by atoms with van der Waals surface area (Å²) >= 11 is 0. The topological polar surface area (TPSA) is 110 Å². The van der Waals surface area contributed by atoms with E-state index in [4.69, 9.17) is 0 Å². The number of carbonyl (C=O) groups is 1. The molecule has 0 aliphatic rings. The molecule has 1 amide bonds. The Bertz CT molecular complexity index is 1100. The van der Waals surface area contributed by atoms with Crippen molar-refractivity contribution in [3.63, 3.8) is 0 Å². The Morgan fingerprint density at radius 3 is 0.773 bits per heavy atom. The van der Waals surface area contributed by atoms with Crippen LogP contribution in [0.2, 0.25) is 0 Å². The summed E-state index contributed by atoms with van der Waals surface area (Å²) in [4.78, 5) is 12.7. The molecule has 0 radical (unpaired) electrons. The number of carbonyl (C=O) groups excluding carboxylic acids is 1. The van der Waals surface area contributed by atoms with Gasteiger partial charge in [0.05, 0.1) is 18.8 Å². The third-order valence-electron chi connectivity index (χ3n) is 16.7. The lowest BCUT2D eigenvalue weighted by Crippen LogP contribution is -2.53. The molecule has 0 aromatic rings. The Labute approximate surface area is 470 Å². The lowest BCUT2D eigenvalue weighted by molar-refractivity contribution is -0.132. The van der Waals surface area contributed by atoms with E-state index in [1.807, 2.05) is 0 Å². The second-order valence-electron chi connectivity index (χ2n) is 24.2. The summed E-state index contributed by atoms with van der Waals surface area (Å²) in [7, 11) is 0. The standard InChI is InChI=1S/C69H137NO5/c1-3-5-7-9-11-13-15-17-19-21-23-25-27-29-30-31-32-33-34-35-36-37-39-41-43-45-47-49-51-53-55-57-59-61-63-67(73)69(75)70-65(64-71)68(74)66(72)62-60-58-56-54-52-50-48-46-44-42-40-38-28-26-24-22-20-18-16-14-12-10-8-6-4-2/h31-32,65-68,71-74H,3-30,33-64H2,1-2H3,(H,70,75)/b32-31-. The number of nitrogens with one attached hydrogen (secondary N) is 1. The lowest BCUT2D eigenvalue weighted by atomic mass is 9.99. The summed E-state index contributed by atoms with van der Waals surface area (Å²) in [6, 6.07) is -0.984. The molecule has 0 aromatic heterocycles. The van der Waals surface area contributed by atoms with E-state index in [9.17, 15) is 25.2 Å². The molecule has 0 rings (SSSR count). The molecular formula is C69H137NO5. The molecule has 448 valence electrons. The van der Waals surface area contributed by atoms with E-state index in [1.165, 1.54) is 327 Å². The fraction of sp³-hybridized carbons (Fsp3) is 0.957. The van der Waals surface area contributed by atoms with Crippen LogP contribution < -0.4 is 5.32 Å². The molecule has 5 N–H and O–H groups in total. The summed E-state index contributed by atoms with van der Waals surface area (Å²) in [5, 5.41) is 44.2. The average Bonchev–Trinajstić information content (AvgIpc) is 3.42. The third kappa shape index (κ3) is 57.5. The number of hydrogen-bond acceptors (Lipinski definition) is 5. The van der Waals surface area contributed by atoms with E-state index >= 15 is 0 Å². The number of rotatable bonds is 65. The summed E-state index contributed by atoms with van der Waals surface area (Å²) in [5.41, 5.74) is 0. The van der Waals surface area contributed by atoms with Crippen molar-refractivity contribution in [1.82, 2.24) is 5.32 Å². The summed E-state index contributed by atoms with van der Waals surface area (Å²) in [6.45, 7) is 4.11. The number of aliphatic hydroxyl groups excluding tert-OH is 4. The molecule has 75 heavy (non-hydrogen) atoms. The Balaban J connectivity index is 3.52. The van der Waals surface area contributed by atoms with Crippen LogP contribution in [-0.2, 0) is 4.79 Å². The average molecular weight is 1060 g/mol. The maximum absolute atomic E-state index is 12.7. The first-order chi connectivity index (χ1) is 37.0. The number of allylic oxidation sites excluding steroid dienone is 2. The highest BCUT2D eigenvalue weighted by Gasteiger charge is 2.28. The molecule has 0 saturated heterocycles. The van der Waals surface area contributed by atoms with E-state index in [-0.39, 0.29) is 0 Å². The summed E-state index contributed by atoms with van der Waals surface area (Å²) in [6.07, 6.45) is 79.0. The van der Waals surface area contributed by atoms with Crippen LogP contribution in [0.1, 0.15) is 393 Å². The zero-order chi connectivity index (χ0) is 54.4. The Morgan fingerprint density at radius 1 is 0.320 bits per heavy atom. The highest BCUT2D eigenvalue weighted by molar-refractivity contribution is 5.80. The van der Waals surface area contributed by atoms with Crippen molar-refractivity contribution in [3.05, 3.63) is 12.2 Å². The number of amides is 1. The molecule has 0 fully saturated rings. The monoisotopic (exact) mass is 1060 g/mol. The minimum absolute atomic E-state index is 0.374. The number of hydrogen-bond donors (Lipinski definition) is 5. The molecular weight excluding hydrogens is 923 g/mol. The predicted molar refractivity (Wildman–Crippen MR) is 330 cm³/mol. The molecule has 0 spiro atoms. The zero-order valence-electron chi connectivity index (χ0n) is 51.1. The quantitative estimate of drug-likeness (QED) is 0.0308. The minimum atomic E-state index is -1.26. The van der Waals surface area contributed by atoms with Gasteiger partial charge in [-0.05, 0) is 38.5 Å². The van der Waals surface area contributed by atoms with Gasteiger partial charge in [0.15, 0.2) is 0 Å². The van der Waals surface area contributed by atoms with Crippen LogP contribution in [0.25, 0.3) is 0 Å².